The van der Waals surface area contributed by atoms with Crippen molar-refractivity contribution >= 4 is 34.7 Å². The Bertz CT molecular complexity index is 1440. The molecular weight excluding hydrogens is 555 g/mol. The van der Waals surface area contributed by atoms with Gasteiger partial charge in [-0.05, 0) is 43.3 Å². The van der Waals surface area contributed by atoms with Gasteiger partial charge in [0.25, 0.3) is 5.91 Å². The van der Waals surface area contributed by atoms with Gasteiger partial charge in [-0.2, -0.15) is 18.4 Å². The number of nitro benzene ring substituents is 1. The number of anilines is 1. The quantitative estimate of drug-likeness (QED) is 0.143. The van der Waals surface area contributed by atoms with Crippen LogP contribution in [0.1, 0.15) is 18.9 Å². The van der Waals surface area contributed by atoms with Crippen molar-refractivity contribution in [3.8, 4) is 23.3 Å². The highest BCUT2D eigenvalue weighted by Crippen LogP contribution is 2.38. The van der Waals surface area contributed by atoms with Crippen LogP contribution >= 0.6 is 11.6 Å². The predicted octanol–water partition coefficient (Wildman–Crippen LogP) is 6.59. The summed E-state index contributed by atoms with van der Waals surface area (Å²) in [5.74, 6) is -3.56. The number of carbonyl (C=O) groups is 2. The fraction of sp³-hybridized carbons (Fsp3) is 0.222. The summed E-state index contributed by atoms with van der Waals surface area (Å²) in [6.45, 7) is 1.50. The molecule has 0 aliphatic carbocycles. The van der Waals surface area contributed by atoms with Crippen molar-refractivity contribution in [1.29, 1.82) is 5.26 Å². The molecule has 0 aliphatic heterocycles. The first-order chi connectivity index (χ1) is 19.0. The fourth-order valence-corrected chi connectivity index (χ4v) is 3.83. The van der Waals surface area contributed by atoms with Gasteiger partial charge in [-0.1, -0.05) is 29.8 Å². The summed E-state index contributed by atoms with van der Waals surface area (Å²) in [6.07, 6.45) is -5.03. The van der Waals surface area contributed by atoms with E-state index in [1.165, 1.54) is 11.0 Å². The van der Waals surface area contributed by atoms with E-state index < -0.39 is 53.0 Å². The molecule has 3 rings (SSSR count). The van der Waals surface area contributed by atoms with Gasteiger partial charge in [0.05, 0.1) is 28.2 Å². The standard InChI is InChI=1S/C27H21ClF3N3O6/c1-2-33(18-6-4-3-5-7-18)26(36)20(16-32)23(35)12-13-39-25-15-19(9-10-22(25)34(37)38)40-24-11-8-17(14-21(24)28)27(29,30)31/h3-11,14-15,20H,2,12-13H2,1H3. The zero-order valence-electron chi connectivity index (χ0n) is 20.9. The highest BCUT2D eigenvalue weighted by Gasteiger charge is 2.32. The summed E-state index contributed by atoms with van der Waals surface area (Å²) in [6, 6.07) is 16.0. The molecule has 208 valence electrons. The second-order valence-corrected chi connectivity index (χ2v) is 8.58. The lowest BCUT2D eigenvalue weighted by Gasteiger charge is -2.23. The van der Waals surface area contributed by atoms with E-state index in [4.69, 9.17) is 21.1 Å². The van der Waals surface area contributed by atoms with Crippen LogP contribution < -0.4 is 14.4 Å². The number of amides is 1. The van der Waals surface area contributed by atoms with Gasteiger partial charge in [0, 0.05) is 30.8 Å². The van der Waals surface area contributed by atoms with Crippen LogP contribution in [-0.4, -0.2) is 29.8 Å². The van der Waals surface area contributed by atoms with Gasteiger partial charge in [0.2, 0.25) is 5.75 Å². The first kappa shape index (κ1) is 29.9. The number of hydrogen-bond donors (Lipinski definition) is 0. The highest BCUT2D eigenvalue weighted by molar-refractivity contribution is 6.32. The summed E-state index contributed by atoms with van der Waals surface area (Å²) in [4.78, 5) is 37.6. The molecule has 40 heavy (non-hydrogen) atoms. The lowest BCUT2D eigenvalue weighted by Crippen LogP contribution is -2.39. The van der Waals surface area contributed by atoms with Crippen molar-refractivity contribution < 1.29 is 37.2 Å². The van der Waals surface area contributed by atoms with Gasteiger partial charge in [-0.25, -0.2) is 0 Å². The lowest BCUT2D eigenvalue weighted by atomic mass is 10.0. The molecule has 0 radical (unpaired) electrons. The van der Waals surface area contributed by atoms with Gasteiger partial charge in [-0.15, -0.1) is 0 Å². The van der Waals surface area contributed by atoms with E-state index in [2.05, 4.69) is 0 Å². The van der Waals surface area contributed by atoms with E-state index in [1.54, 1.807) is 43.3 Å². The number of rotatable bonds is 11. The Kier molecular flexibility index (Phi) is 9.68. The number of para-hydroxylation sites is 1. The molecule has 13 heteroatoms. The number of ketones is 1. The molecular formula is C27H21ClF3N3O6. The Hall–Kier alpha value is -4.63. The third-order valence-electron chi connectivity index (χ3n) is 5.57. The number of ether oxygens (including phenoxy) is 2. The van der Waals surface area contributed by atoms with Crippen LogP contribution in [0.3, 0.4) is 0 Å². The number of hydrogen-bond acceptors (Lipinski definition) is 7. The SMILES string of the molecule is CCN(C(=O)C(C#N)C(=O)CCOc1cc(Oc2ccc(C(F)(F)F)cc2Cl)ccc1[N+](=O)[O-])c1ccccc1. The zero-order valence-corrected chi connectivity index (χ0v) is 21.6. The van der Waals surface area contributed by atoms with Crippen LogP contribution in [0.4, 0.5) is 24.5 Å². The summed E-state index contributed by atoms with van der Waals surface area (Å²) >= 11 is 5.91. The topological polar surface area (TPSA) is 123 Å². The molecule has 9 nitrogen and oxygen atoms in total. The van der Waals surface area contributed by atoms with Gasteiger partial charge < -0.3 is 14.4 Å². The van der Waals surface area contributed by atoms with E-state index in [0.29, 0.717) is 11.8 Å². The Morgan fingerprint density at radius 2 is 1.80 bits per heavy atom. The maximum atomic E-state index is 12.9. The van der Waals surface area contributed by atoms with E-state index in [-0.39, 0.29) is 28.8 Å². The summed E-state index contributed by atoms with van der Waals surface area (Å²) in [5.41, 5.74) is -0.949. The number of carbonyl (C=O) groups excluding carboxylic acids is 2. The third-order valence-corrected chi connectivity index (χ3v) is 5.86. The minimum atomic E-state index is -4.61. The maximum absolute atomic E-state index is 12.9. The monoisotopic (exact) mass is 575 g/mol. The van der Waals surface area contributed by atoms with Crippen molar-refractivity contribution in [2.24, 2.45) is 5.92 Å². The van der Waals surface area contributed by atoms with Crippen molar-refractivity contribution in [3.63, 3.8) is 0 Å². The molecule has 0 aliphatic rings. The molecule has 1 amide bonds. The van der Waals surface area contributed by atoms with Gasteiger partial charge >= 0.3 is 11.9 Å². The molecule has 0 bridgehead atoms. The Morgan fingerprint density at radius 3 is 2.38 bits per heavy atom. The van der Waals surface area contributed by atoms with E-state index >= 15 is 0 Å². The van der Waals surface area contributed by atoms with E-state index in [9.17, 15) is 38.1 Å². The molecule has 0 fully saturated rings. The Labute approximate surface area is 231 Å². The minimum Gasteiger partial charge on any atom is -0.486 e. The van der Waals surface area contributed by atoms with Crippen LogP contribution in [0.15, 0.2) is 66.7 Å². The van der Waals surface area contributed by atoms with Gasteiger partial charge in [0.1, 0.15) is 11.5 Å². The number of alkyl halides is 3. The molecule has 0 saturated carbocycles. The second kappa shape index (κ2) is 12.9. The molecule has 3 aromatic rings. The number of Topliss-reactive ketones (excluding diaryl/α,β-unsaturated/α-hetero) is 1. The second-order valence-electron chi connectivity index (χ2n) is 8.18. The van der Waals surface area contributed by atoms with Crippen LogP contribution in [0.25, 0.3) is 0 Å². The number of nitro groups is 1. The zero-order chi connectivity index (χ0) is 29.4. The fourth-order valence-electron chi connectivity index (χ4n) is 3.61. The van der Waals surface area contributed by atoms with Crippen molar-refractivity contribution in [2.45, 2.75) is 19.5 Å². The Balaban J connectivity index is 1.72. The molecule has 0 N–H and O–H groups in total. The molecule has 0 saturated heterocycles. The lowest BCUT2D eigenvalue weighted by molar-refractivity contribution is -0.385. The van der Waals surface area contributed by atoms with Crippen LogP contribution in [-0.2, 0) is 15.8 Å². The Morgan fingerprint density at radius 1 is 1.10 bits per heavy atom. The van der Waals surface area contributed by atoms with Crippen LogP contribution in [0.5, 0.6) is 17.2 Å². The highest BCUT2D eigenvalue weighted by atomic mass is 35.5. The number of nitriles is 1. The molecule has 0 heterocycles. The first-order valence-electron chi connectivity index (χ1n) is 11.7. The molecule has 0 spiro atoms. The molecule has 0 aromatic heterocycles. The maximum Gasteiger partial charge on any atom is 0.416 e. The van der Waals surface area contributed by atoms with E-state index in [1.807, 2.05) is 0 Å². The van der Waals surface area contributed by atoms with Gasteiger partial charge in [-0.3, -0.25) is 19.7 Å². The number of nitrogens with zero attached hydrogens (tertiary/aromatic N) is 3. The molecule has 3 aromatic carbocycles. The first-order valence-corrected chi connectivity index (χ1v) is 12.1. The smallest absolute Gasteiger partial charge is 0.416 e. The third kappa shape index (κ3) is 7.27. The predicted molar refractivity (Wildman–Crippen MR) is 138 cm³/mol. The van der Waals surface area contributed by atoms with Crippen molar-refractivity contribution in [3.05, 3.63) is 87.4 Å². The normalized spacial score (nSPS) is 11.7. The molecule has 1 unspecified atom stereocenters. The largest absolute Gasteiger partial charge is 0.486 e. The van der Waals surface area contributed by atoms with Crippen molar-refractivity contribution in [1.82, 2.24) is 0 Å². The molecule has 1 atom stereocenters. The average molecular weight is 576 g/mol. The number of benzene rings is 3. The summed E-state index contributed by atoms with van der Waals surface area (Å²) in [7, 11) is 0. The average Bonchev–Trinajstić information content (AvgIpc) is 2.90. The van der Waals surface area contributed by atoms with Crippen molar-refractivity contribution in [2.75, 3.05) is 18.1 Å². The summed E-state index contributed by atoms with van der Waals surface area (Å²) < 4.78 is 49.6. The van der Waals surface area contributed by atoms with E-state index in [0.717, 1.165) is 24.3 Å². The van der Waals surface area contributed by atoms with Crippen LogP contribution in [0, 0.1) is 27.4 Å². The summed E-state index contributed by atoms with van der Waals surface area (Å²) in [5, 5.41) is 20.6. The minimum absolute atomic E-state index is 0.0416. The van der Waals surface area contributed by atoms with Crippen LogP contribution in [0.2, 0.25) is 5.02 Å². The number of halogens is 4. The van der Waals surface area contributed by atoms with Gasteiger partial charge in [0.15, 0.2) is 11.7 Å².